The topological polar surface area (TPSA) is 54.0 Å². The number of rotatable bonds is 5. The van der Waals surface area contributed by atoms with Crippen molar-refractivity contribution < 1.29 is 9.18 Å². The number of fused-ring (bicyclic) bond motifs is 2. The van der Waals surface area contributed by atoms with E-state index < -0.39 is 5.95 Å². The van der Waals surface area contributed by atoms with Crippen molar-refractivity contribution in [2.45, 2.75) is 24.8 Å². The fraction of sp³-hybridized carbons (Fsp3) is 0.286. The van der Waals surface area contributed by atoms with Crippen LogP contribution in [0.15, 0.2) is 65.3 Å². The first-order valence-corrected chi connectivity index (χ1v) is 13.8. The first-order valence-electron chi connectivity index (χ1n) is 12.2. The summed E-state index contributed by atoms with van der Waals surface area (Å²) in [6.45, 7) is 3.12. The van der Waals surface area contributed by atoms with Gasteiger partial charge in [-0.05, 0) is 73.5 Å². The van der Waals surface area contributed by atoms with E-state index in [1.165, 1.54) is 17.8 Å². The molecule has 2 aliphatic rings. The number of hydrogen-bond donors (Lipinski definition) is 2. The average Bonchev–Trinajstić information content (AvgIpc) is 3.16. The zero-order valence-electron chi connectivity index (χ0n) is 20.1. The van der Waals surface area contributed by atoms with Gasteiger partial charge in [0.2, 0.25) is 5.95 Å². The summed E-state index contributed by atoms with van der Waals surface area (Å²) in [4.78, 5) is 17.7. The highest BCUT2D eigenvalue weighted by molar-refractivity contribution is 9.10. The Morgan fingerprint density at radius 2 is 1.97 bits per heavy atom. The molecule has 37 heavy (non-hydrogen) atoms. The number of urea groups is 1. The molecule has 0 saturated carbocycles. The predicted molar refractivity (Wildman–Crippen MR) is 151 cm³/mol. The molecule has 2 aliphatic heterocycles. The molecule has 1 saturated heterocycles. The summed E-state index contributed by atoms with van der Waals surface area (Å²) in [5.41, 5.74) is 3.65. The Bertz CT molecular complexity index is 1360. The van der Waals surface area contributed by atoms with Crippen molar-refractivity contribution in [3.8, 4) is 0 Å². The highest BCUT2D eigenvalue weighted by Gasteiger charge is 2.57. The number of quaternary nitrogens is 1. The summed E-state index contributed by atoms with van der Waals surface area (Å²) in [6, 6.07) is 14.5. The van der Waals surface area contributed by atoms with E-state index in [0.717, 1.165) is 41.7 Å². The molecule has 2 N–H and O–H groups in total. The van der Waals surface area contributed by atoms with Crippen molar-refractivity contribution in [2.75, 3.05) is 26.2 Å². The van der Waals surface area contributed by atoms with E-state index in [1.54, 1.807) is 12.1 Å². The molecular formula is C28H27BrCl2FN4O+. The third-order valence-corrected chi connectivity index (χ3v) is 8.81. The Balaban J connectivity index is 1.52. The Morgan fingerprint density at radius 1 is 1.16 bits per heavy atom. The Kier molecular flexibility index (Phi) is 7.70. The normalized spacial score (nSPS) is 20.3. The molecule has 0 aliphatic carbocycles. The lowest BCUT2D eigenvalue weighted by Gasteiger charge is -2.36. The number of carbonyl (C=O) groups excluding carboxylic acids is 1. The van der Waals surface area contributed by atoms with Gasteiger partial charge >= 0.3 is 6.03 Å². The van der Waals surface area contributed by atoms with Crippen molar-refractivity contribution in [3.05, 3.63) is 98.0 Å². The monoisotopic (exact) mass is 603 g/mol. The summed E-state index contributed by atoms with van der Waals surface area (Å²) in [6.07, 6.45) is 7.30. The average molecular weight is 605 g/mol. The number of nitrogens with zero attached hydrogens (tertiary/aromatic N) is 2. The summed E-state index contributed by atoms with van der Waals surface area (Å²) in [7, 11) is 0. The van der Waals surface area contributed by atoms with Crippen molar-refractivity contribution in [2.24, 2.45) is 0 Å². The molecule has 3 heterocycles. The summed E-state index contributed by atoms with van der Waals surface area (Å²) in [5.74, 6) is -0.565. The third-order valence-electron chi connectivity index (χ3n) is 7.41. The third kappa shape index (κ3) is 5.20. The van der Waals surface area contributed by atoms with E-state index >= 15 is 0 Å². The smallest absolute Gasteiger partial charge is 0.317 e. The molecule has 2 amide bonds. The van der Waals surface area contributed by atoms with Gasteiger partial charge in [-0.1, -0.05) is 57.3 Å². The van der Waals surface area contributed by atoms with Gasteiger partial charge in [0.15, 0.2) is 0 Å². The van der Waals surface area contributed by atoms with Gasteiger partial charge in [-0.3, -0.25) is 0 Å². The number of nitrogens with one attached hydrogen (secondary N) is 2. The quantitative estimate of drug-likeness (QED) is 0.247. The highest BCUT2D eigenvalue weighted by atomic mass is 79.9. The number of amides is 2. The molecule has 1 unspecified atom stereocenters. The van der Waals surface area contributed by atoms with Gasteiger partial charge in [-0.15, -0.1) is 0 Å². The van der Waals surface area contributed by atoms with E-state index in [9.17, 15) is 9.18 Å². The van der Waals surface area contributed by atoms with Crippen molar-refractivity contribution in [1.29, 1.82) is 0 Å². The van der Waals surface area contributed by atoms with Crippen LogP contribution in [-0.2, 0) is 12.0 Å². The second-order valence-electron chi connectivity index (χ2n) is 9.69. The lowest BCUT2D eigenvalue weighted by atomic mass is 9.75. The number of halogens is 4. The number of pyridine rings is 1. The summed E-state index contributed by atoms with van der Waals surface area (Å²) >= 11 is 16.1. The number of hydrogen-bond acceptors (Lipinski definition) is 3. The van der Waals surface area contributed by atoms with Crippen LogP contribution in [0.25, 0.3) is 6.08 Å². The van der Waals surface area contributed by atoms with E-state index in [2.05, 4.69) is 43.7 Å². The zero-order chi connectivity index (χ0) is 26.0. The molecular weight excluding hydrogens is 578 g/mol. The fourth-order valence-corrected chi connectivity index (χ4v) is 6.76. The first kappa shape index (κ1) is 26.3. The van der Waals surface area contributed by atoms with Gasteiger partial charge < -0.3 is 10.6 Å². The van der Waals surface area contributed by atoms with Crippen LogP contribution in [0.2, 0.25) is 10.0 Å². The minimum absolute atomic E-state index is 0.120. The Morgan fingerprint density at radius 3 is 2.73 bits per heavy atom. The minimum Gasteiger partial charge on any atom is -0.317 e. The van der Waals surface area contributed by atoms with E-state index in [0.29, 0.717) is 28.7 Å². The van der Waals surface area contributed by atoms with Gasteiger partial charge in [0.1, 0.15) is 18.8 Å². The maximum atomic E-state index is 14.1. The number of benzene rings is 2. The fourth-order valence-electron chi connectivity index (χ4n) is 5.68. The molecule has 5 nitrogen and oxygen atoms in total. The summed E-state index contributed by atoms with van der Waals surface area (Å²) < 4.78 is 14.8. The van der Waals surface area contributed by atoms with Crippen LogP contribution in [0.1, 0.15) is 29.5 Å². The molecule has 1 spiro atoms. The van der Waals surface area contributed by atoms with Gasteiger partial charge in [0.05, 0.1) is 15.5 Å². The Hall–Kier alpha value is -2.29. The van der Waals surface area contributed by atoms with Crippen LogP contribution in [0.4, 0.5) is 14.9 Å². The van der Waals surface area contributed by atoms with Crippen LogP contribution in [0, 0.1) is 5.95 Å². The first-order chi connectivity index (χ1) is 17.8. The molecule has 1 fully saturated rings. The number of piperidine rings is 1. The van der Waals surface area contributed by atoms with Crippen LogP contribution in [0.5, 0.6) is 0 Å². The SMILES string of the molecule is O=C(NCc1ccnc(F)c1)[N+]1(C/C=C/c2ccc(Cl)c(Cl)c2)CC2(CCNCC2)c2c(Br)cccc21. The van der Waals surface area contributed by atoms with Gasteiger partial charge in [-0.2, -0.15) is 4.39 Å². The molecule has 192 valence electrons. The van der Waals surface area contributed by atoms with E-state index in [4.69, 9.17) is 23.2 Å². The van der Waals surface area contributed by atoms with Crippen molar-refractivity contribution in [3.63, 3.8) is 0 Å². The minimum atomic E-state index is -0.565. The molecule has 0 radical (unpaired) electrons. The predicted octanol–water partition coefficient (Wildman–Crippen LogP) is 6.86. The van der Waals surface area contributed by atoms with Gasteiger partial charge in [0.25, 0.3) is 0 Å². The lowest BCUT2D eigenvalue weighted by Crippen LogP contribution is -2.60. The standard InChI is InChI=1S/C28H26BrCl2FN4O/c29-21-4-1-5-24-26(21)28(9-12-33-13-10-28)18-36(24,14-2-3-19-6-7-22(30)23(31)15-19)27(37)35-17-20-8-11-34-25(32)16-20/h1-8,11,15-16,33H,9-10,12-14,17-18H2/p+1/b3-2+. The van der Waals surface area contributed by atoms with Crippen molar-refractivity contribution in [1.82, 2.24) is 20.1 Å². The second-order valence-corrected chi connectivity index (χ2v) is 11.4. The van der Waals surface area contributed by atoms with Crippen LogP contribution in [-0.4, -0.2) is 37.2 Å². The van der Waals surface area contributed by atoms with E-state index in [1.807, 2.05) is 30.4 Å². The molecule has 2 aromatic carbocycles. The second kappa shape index (κ2) is 10.8. The highest BCUT2D eigenvalue weighted by Crippen LogP contribution is 2.52. The molecule has 9 heteroatoms. The molecule has 0 bridgehead atoms. The lowest BCUT2D eigenvalue weighted by molar-refractivity contribution is 0.189. The number of aromatic nitrogens is 1. The maximum absolute atomic E-state index is 14.1. The molecule has 1 atom stereocenters. The molecule has 5 rings (SSSR count). The maximum Gasteiger partial charge on any atom is 0.422 e. The summed E-state index contributed by atoms with van der Waals surface area (Å²) in [5, 5.41) is 7.55. The van der Waals surface area contributed by atoms with Crippen molar-refractivity contribution >= 4 is 56.9 Å². The van der Waals surface area contributed by atoms with Crippen LogP contribution >= 0.6 is 39.1 Å². The zero-order valence-corrected chi connectivity index (χ0v) is 23.2. The largest absolute Gasteiger partial charge is 0.422 e. The molecule has 3 aromatic rings. The van der Waals surface area contributed by atoms with E-state index in [-0.39, 0.29) is 22.5 Å². The van der Waals surface area contributed by atoms with Gasteiger partial charge in [0, 0.05) is 28.8 Å². The Labute approximate surface area is 234 Å². The molecule has 1 aromatic heterocycles. The van der Waals surface area contributed by atoms with Crippen LogP contribution in [0.3, 0.4) is 0 Å². The van der Waals surface area contributed by atoms with Gasteiger partial charge in [-0.25, -0.2) is 14.3 Å². The number of carbonyl (C=O) groups is 1. The van der Waals surface area contributed by atoms with Crippen LogP contribution < -0.4 is 15.1 Å².